The number of halogens is 2. The topological polar surface area (TPSA) is 12.0 Å². The summed E-state index contributed by atoms with van der Waals surface area (Å²) in [6.07, 6.45) is 0. The van der Waals surface area contributed by atoms with Gasteiger partial charge in [-0.05, 0) is 49.7 Å². The molecule has 19 heavy (non-hydrogen) atoms. The highest BCUT2D eigenvalue weighted by atomic mass is 79.9. The van der Waals surface area contributed by atoms with Crippen molar-refractivity contribution >= 4 is 15.9 Å². The van der Waals surface area contributed by atoms with Crippen LogP contribution in [0.4, 0.5) is 4.39 Å². The molecule has 0 heterocycles. The van der Waals surface area contributed by atoms with Gasteiger partial charge >= 0.3 is 0 Å². The maximum absolute atomic E-state index is 14.1. The van der Waals surface area contributed by atoms with Gasteiger partial charge in [0.25, 0.3) is 0 Å². The van der Waals surface area contributed by atoms with E-state index in [-0.39, 0.29) is 11.9 Å². The Balaban J connectivity index is 2.53. The molecule has 1 atom stereocenters. The Kier molecular flexibility index (Phi) is 4.38. The summed E-state index contributed by atoms with van der Waals surface area (Å²) in [7, 11) is 1.86. The Morgan fingerprint density at radius 1 is 1.11 bits per heavy atom. The van der Waals surface area contributed by atoms with Gasteiger partial charge < -0.3 is 5.32 Å². The largest absolute Gasteiger partial charge is 0.309 e. The van der Waals surface area contributed by atoms with Crippen LogP contribution in [0.1, 0.15) is 28.3 Å². The maximum Gasteiger partial charge on any atom is 0.129 e. The first kappa shape index (κ1) is 14.2. The van der Waals surface area contributed by atoms with Gasteiger partial charge in [0.05, 0.1) is 6.04 Å². The lowest BCUT2D eigenvalue weighted by atomic mass is 9.92. The predicted molar refractivity (Wildman–Crippen MR) is 80.9 cm³/mol. The maximum atomic E-state index is 14.1. The zero-order valence-corrected chi connectivity index (χ0v) is 12.9. The Labute approximate surface area is 122 Å². The van der Waals surface area contributed by atoms with Gasteiger partial charge in [-0.3, -0.25) is 0 Å². The molecule has 0 aliphatic carbocycles. The fraction of sp³-hybridized carbons (Fsp3) is 0.250. The Morgan fingerprint density at radius 2 is 1.84 bits per heavy atom. The van der Waals surface area contributed by atoms with Crippen LogP contribution in [0, 0.1) is 19.7 Å². The molecule has 0 saturated carbocycles. The van der Waals surface area contributed by atoms with Crippen LogP contribution in [0.25, 0.3) is 0 Å². The lowest BCUT2D eigenvalue weighted by molar-refractivity contribution is 0.574. The van der Waals surface area contributed by atoms with Crippen molar-refractivity contribution in [3.63, 3.8) is 0 Å². The van der Waals surface area contributed by atoms with Crippen molar-refractivity contribution in [2.24, 2.45) is 0 Å². The van der Waals surface area contributed by atoms with Gasteiger partial charge in [0.2, 0.25) is 0 Å². The third-order valence-electron chi connectivity index (χ3n) is 3.52. The van der Waals surface area contributed by atoms with Gasteiger partial charge in [0.1, 0.15) is 5.82 Å². The molecule has 0 aliphatic rings. The SMILES string of the molecule is CNC(c1ccc(Br)cc1F)c1cccc(C)c1C. The number of benzene rings is 2. The van der Waals surface area contributed by atoms with Crippen LogP contribution in [0.3, 0.4) is 0 Å². The highest BCUT2D eigenvalue weighted by Gasteiger charge is 2.18. The van der Waals surface area contributed by atoms with Crippen molar-refractivity contribution in [1.82, 2.24) is 5.32 Å². The van der Waals surface area contributed by atoms with Gasteiger partial charge in [0.15, 0.2) is 0 Å². The van der Waals surface area contributed by atoms with E-state index in [9.17, 15) is 4.39 Å². The average molecular weight is 322 g/mol. The average Bonchev–Trinajstić information content (AvgIpc) is 2.37. The zero-order valence-electron chi connectivity index (χ0n) is 11.3. The third kappa shape index (κ3) is 2.88. The number of nitrogens with one attached hydrogen (secondary N) is 1. The summed E-state index contributed by atoms with van der Waals surface area (Å²) < 4.78 is 14.9. The van der Waals surface area contributed by atoms with Crippen LogP contribution in [-0.2, 0) is 0 Å². The molecule has 0 saturated heterocycles. The van der Waals surface area contributed by atoms with Crippen molar-refractivity contribution in [2.45, 2.75) is 19.9 Å². The molecule has 100 valence electrons. The second-order valence-corrected chi connectivity index (χ2v) is 5.59. The molecule has 1 N–H and O–H groups in total. The highest BCUT2D eigenvalue weighted by molar-refractivity contribution is 9.10. The van der Waals surface area contributed by atoms with Crippen molar-refractivity contribution < 1.29 is 4.39 Å². The van der Waals surface area contributed by atoms with Crippen LogP contribution in [0.5, 0.6) is 0 Å². The van der Waals surface area contributed by atoms with Gasteiger partial charge in [-0.1, -0.05) is 40.2 Å². The summed E-state index contributed by atoms with van der Waals surface area (Å²) in [6, 6.07) is 11.2. The number of rotatable bonds is 3. The summed E-state index contributed by atoms with van der Waals surface area (Å²) in [5, 5.41) is 3.21. The van der Waals surface area contributed by atoms with E-state index in [2.05, 4.69) is 41.2 Å². The smallest absolute Gasteiger partial charge is 0.129 e. The van der Waals surface area contributed by atoms with E-state index in [0.717, 1.165) is 10.0 Å². The lowest BCUT2D eigenvalue weighted by Crippen LogP contribution is -2.20. The van der Waals surface area contributed by atoms with E-state index in [1.54, 1.807) is 0 Å². The van der Waals surface area contributed by atoms with E-state index >= 15 is 0 Å². The van der Waals surface area contributed by atoms with Crippen LogP contribution in [-0.4, -0.2) is 7.05 Å². The minimum absolute atomic E-state index is 0.131. The van der Waals surface area contributed by atoms with Crippen molar-refractivity contribution in [3.05, 3.63) is 68.9 Å². The fourth-order valence-corrected chi connectivity index (χ4v) is 2.63. The summed E-state index contributed by atoms with van der Waals surface area (Å²) in [6.45, 7) is 4.15. The normalized spacial score (nSPS) is 12.5. The second kappa shape index (κ2) is 5.85. The Hall–Kier alpha value is -1.19. The molecule has 0 spiro atoms. The van der Waals surface area contributed by atoms with Crippen LogP contribution >= 0.6 is 15.9 Å². The van der Waals surface area contributed by atoms with Gasteiger partial charge in [0, 0.05) is 10.0 Å². The number of hydrogen-bond acceptors (Lipinski definition) is 1. The quantitative estimate of drug-likeness (QED) is 0.876. The third-order valence-corrected chi connectivity index (χ3v) is 4.01. The van der Waals surface area contributed by atoms with E-state index in [4.69, 9.17) is 0 Å². The second-order valence-electron chi connectivity index (χ2n) is 4.68. The van der Waals surface area contributed by atoms with Crippen molar-refractivity contribution in [3.8, 4) is 0 Å². The molecule has 1 unspecified atom stereocenters. The summed E-state index contributed by atoms with van der Waals surface area (Å²) in [5.74, 6) is -0.199. The Morgan fingerprint density at radius 3 is 2.47 bits per heavy atom. The minimum Gasteiger partial charge on any atom is -0.309 e. The molecule has 2 rings (SSSR count). The van der Waals surface area contributed by atoms with Gasteiger partial charge in [-0.15, -0.1) is 0 Å². The molecular formula is C16H17BrFN. The molecule has 3 heteroatoms. The first-order chi connectivity index (χ1) is 9.04. The standard InChI is InChI=1S/C16H17BrFN/c1-10-5-4-6-13(11(10)2)16(19-3)14-8-7-12(17)9-15(14)18/h4-9,16,19H,1-3H3. The van der Waals surface area contributed by atoms with Crippen molar-refractivity contribution in [2.75, 3.05) is 7.05 Å². The number of aryl methyl sites for hydroxylation is 1. The van der Waals surface area contributed by atoms with Crippen LogP contribution < -0.4 is 5.32 Å². The summed E-state index contributed by atoms with van der Waals surface area (Å²) >= 11 is 3.29. The zero-order chi connectivity index (χ0) is 14.0. The molecule has 0 fully saturated rings. The van der Waals surface area contributed by atoms with Gasteiger partial charge in [-0.25, -0.2) is 4.39 Å². The first-order valence-electron chi connectivity index (χ1n) is 6.23. The van der Waals surface area contributed by atoms with Crippen LogP contribution in [0.15, 0.2) is 40.9 Å². The fourth-order valence-electron chi connectivity index (χ4n) is 2.30. The molecule has 0 aromatic heterocycles. The van der Waals surface area contributed by atoms with E-state index < -0.39 is 0 Å². The Bertz CT molecular complexity index is 595. The van der Waals surface area contributed by atoms with Crippen LogP contribution in [0.2, 0.25) is 0 Å². The minimum atomic E-state index is -0.199. The predicted octanol–water partition coefficient (Wildman–Crippen LogP) is 4.51. The van der Waals surface area contributed by atoms with E-state index in [1.807, 2.05) is 31.3 Å². The molecule has 0 amide bonds. The molecular weight excluding hydrogens is 305 g/mol. The molecule has 2 aromatic carbocycles. The van der Waals surface area contributed by atoms with Crippen molar-refractivity contribution in [1.29, 1.82) is 0 Å². The summed E-state index contributed by atoms with van der Waals surface area (Å²) in [4.78, 5) is 0. The molecule has 0 bridgehead atoms. The monoisotopic (exact) mass is 321 g/mol. The highest BCUT2D eigenvalue weighted by Crippen LogP contribution is 2.29. The molecule has 2 aromatic rings. The summed E-state index contributed by atoms with van der Waals surface area (Å²) in [5.41, 5.74) is 4.20. The first-order valence-corrected chi connectivity index (χ1v) is 7.02. The number of hydrogen-bond donors (Lipinski definition) is 1. The molecule has 1 nitrogen and oxygen atoms in total. The molecule has 0 aliphatic heterocycles. The lowest BCUT2D eigenvalue weighted by Gasteiger charge is -2.21. The van der Waals surface area contributed by atoms with E-state index in [1.165, 1.54) is 17.2 Å². The van der Waals surface area contributed by atoms with E-state index in [0.29, 0.717) is 5.56 Å². The van der Waals surface area contributed by atoms with Gasteiger partial charge in [-0.2, -0.15) is 0 Å². The molecule has 0 radical (unpaired) electrons.